The first-order valence-electron chi connectivity index (χ1n) is 11.7. The van der Waals surface area contributed by atoms with Crippen LogP contribution in [0.3, 0.4) is 0 Å². The van der Waals surface area contributed by atoms with Crippen LogP contribution in [0.25, 0.3) is 22.4 Å². The summed E-state index contributed by atoms with van der Waals surface area (Å²) >= 11 is 0. The first-order chi connectivity index (χ1) is 17.4. The zero-order chi connectivity index (χ0) is 25.3. The number of carboxylic acids is 1. The number of rotatable bonds is 7. The third kappa shape index (κ3) is 4.45. The van der Waals surface area contributed by atoms with Gasteiger partial charge in [-0.1, -0.05) is 84.1 Å². The highest BCUT2D eigenvalue weighted by Crippen LogP contribution is 2.49. The van der Waals surface area contributed by atoms with E-state index in [1.54, 1.807) is 7.05 Å². The Balaban J connectivity index is 1.33. The molecule has 1 aliphatic rings. The van der Waals surface area contributed by atoms with E-state index < -0.39 is 23.6 Å². The van der Waals surface area contributed by atoms with Crippen molar-refractivity contribution in [3.05, 3.63) is 90.0 Å². The van der Waals surface area contributed by atoms with Gasteiger partial charge >= 0.3 is 12.1 Å². The molecule has 0 saturated heterocycles. The summed E-state index contributed by atoms with van der Waals surface area (Å²) in [4.78, 5) is 24.3. The maximum absolute atomic E-state index is 12.6. The number of carbonyl (C=O) groups is 2. The molecule has 1 fully saturated rings. The Morgan fingerprint density at radius 1 is 0.972 bits per heavy atom. The van der Waals surface area contributed by atoms with Gasteiger partial charge in [-0.05, 0) is 42.0 Å². The number of aliphatic carboxylic acids is 1. The van der Waals surface area contributed by atoms with E-state index in [4.69, 9.17) is 4.74 Å². The van der Waals surface area contributed by atoms with Gasteiger partial charge in [0.25, 0.3) is 0 Å². The summed E-state index contributed by atoms with van der Waals surface area (Å²) in [6.07, 6.45) is 0.320. The Morgan fingerprint density at radius 2 is 1.67 bits per heavy atom. The summed E-state index contributed by atoms with van der Waals surface area (Å²) in [6, 6.07) is 24.9. The molecule has 1 amide bonds. The van der Waals surface area contributed by atoms with Crippen LogP contribution in [0, 0.1) is 0 Å². The van der Waals surface area contributed by atoms with Crippen molar-refractivity contribution in [2.24, 2.45) is 7.05 Å². The Labute approximate surface area is 208 Å². The van der Waals surface area contributed by atoms with Crippen molar-refractivity contribution in [1.29, 1.82) is 0 Å². The number of nitrogens with one attached hydrogen (secondary N) is 1. The first-order valence-corrected chi connectivity index (χ1v) is 11.7. The van der Waals surface area contributed by atoms with E-state index in [1.807, 2.05) is 85.8 Å². The van der Waals surface area contributed by atoms with Crippen LogP contribution in [0.15, 0.2) is 78.9 Å². The van der Waals surface area contributed by atoms with Gasteiger partial charge in [0.1, 0.15) is 11.8 Å². The lowest BCUT2D eigenvalue weighted by Crippen LogP contribution is -2.19. The lowest BCUT2D eigenvalue weighted by Gasteiger charge is -2.14. The third-order valence-electron chi connectivity index (χ3n) is 6.67. The van der Waals surface area contributed by atoms with Crippen LogP contribution in [-0.4, -0.2) is 32.2 Å². The van der Waals surface area contributed by atoms with E-state index in [0.717, 1.165) is 27.8 Å². The van der Waals surface area contributed by atoms with Crippen molar-refractivity contribution in [3.8, 4) is 22.4 Å². The minimum atomic E-state index is -0.769. The largest absolute Gasteiger partial charge is 0.481 e. The zero-order valence-corrected chi connectivity index (χ0v) is 20.0. The minimum absolute atomic E-state index is 0.415. The monoisotopic (exact) mass is 482 g/mol. The van der Waals surface area contributed by atoms with E-state index in [9.17, 15) is 14.7 Å². The topological polar surface area (TPSA) is 106 Å². The quantitative estimate of drug-likeness (QED) is 0.356. The van der Waals surface area contributed by atoms with Crippen LogP contribution >= 0.6 is 0 Å². The van der Waals surface area contributed by atoms with Crippen LogP contribution in [-0.2, 0) is 22.0 Å². The number of amides is 1. The molecule has 1 atom stereocenters. The van der Waals surface area contributed by atoms with Crippen molar-refractivity contribution in [3.63, 3.8) is 0 Å². The fraction of sp³-hybridized carbons (Fsp3) is 0.214. The number of carbonyl (C=O) groups excluding carboxylic acids is 1. The molecule has 1 saturated carbocycles. The molecule has 1 heterocycles. The highest BCUT2D eigenvalue weighted by Gasteiger charge is 2.51. The summed E-state index contributed by atoms with van der Waals surface area (Å²) in [5, 5.41) is 20.7. The first kappa shape index (κ1) is 23.3. The number of anilines is 1. The maximum atomic E-state index is 12.6. The predicted octanol–water partition coefficient (Wildman–Crippen LogP) is 5.58. The van der Waals surface area contributed by atoms with E-state index in [-0.39, 0.29) is 0 Å². The van der Waals surface area contributed by atoms with Crippen LogP contribution in [0.4, 0.5) is 10.6 Å². The maximum Gasteiger partial charge on any atom is 0.413 e. The molecule has 0 radical (unpaired) electrons. The van der Waals surface area contributed by atoms with Gasteiger partial charge in [-0.25, -0.2) is 9.48 Å². The zero-order valence-electron chi connectivity index (χ0n) is 20.0. The Hall–Kier alpha value is -4.46. The molecular formula is C28H26N4O4. The van der Waals surface area contributed by atoms with Gasteiger partial charge in [0.05, 0.1) is 5.41 Å². The van der Waals surface area contributed by atoms with Gasteiger partial charge in [0.2, 0.25) is 0 Å². The highest BCUT2D eigenvalue weighted by molar-refractivity contribution is 5.89. The predicted molar refractivity (Wildman–Crippen MR) is 135 cm³/mol. The fourth-order valence-electron chi connectivity index (χ4n) is 4.34. The summed E-state index contributed by atoms with van der Waals surface area (Å²) in [5.41, 5.74) is 4.18. The summed E-state index contributed by atoms with van der Waals surface area (Å²) < 4.78 is 7.02. The Kier molecular flexibility index (Phi) is 6.01. The number of aryl methyl sites for hydroxylation is 1. The average Bonchev–Trinajstić information content (AvgIpc) is 3.64. The summed E-state index contributed by atoms with van der Waals surface area (Å²) in [7, 11) is 1.70. The molecule has 0 spiro atoms. The lowest BCUT2D eigenvalue weighted by molar-refractivity contribution is -0.140. The summed E-state index contributed by atoms with van der Waals surface area (Å²) in [5.74, 6) is -0.346. The molecule has 5 rings (SSSR count). The van der Waals surface area contributed by atoms with Gasteiger partial charge in [-0.3, -0.25) is 10.1 Å². The standard InChI is InChI=1S/C28H26N4O4/c1-18(19-7-4-3-5-8-19)36-27(35)29-25-24(30-31-32(25)2)21-13-11-20(12-14-21)22-9-6-10-23(17-22)28(15-16-28)26(33)34/h3-14,17-18H,15-16H2,1-2H3,(H,29,35)(H,33,34). The second-order valence-corrected chi connectivity index (χ2v) is 9.04. The van der Waals surface area contributed by atoms with Gasteiger partial charge in [0.15, 0.2) is 5.82 Å². The van der Waals surface area contributed by atoms with Gasteiger partial charge in [-0.2, -0.15) is 0 Å². The number of carboxylic acid groups (broad SMARTS) is 1. The van der Waals surface area contributed by atoms with Crippen LogP contribution in [0.1, 0.15) is 37.0 Å². The van der Waals surface area contributed by atoms with Crippen LogP contribution in [0.2, 0.25) is 0 Å². The summed E-state index contributed by atoms with van der Waals surface area (Å²) in [6.45, 7) is 1.81. The van der Waals surface area contributed by atoms with E-state index in [0.29, 0.717) is 24.4 Å². The molecule has 182 valence electrons. The van der Waals surface area contributed by atoms with Crippen molar-refractivity contribution < 1.29 is 19.4 Å². The van der Waals surface area contributed by atoms with Crippen LogP contribution in [0.5, 0.6) is 0 Å². The second kappa shape index (κ2) is 9.30. The molecular weight excluding hydrogens is 456 g/mol. The normalized spacial score (nSPS) is 14.6. The van der Waals surface area contributed by atoms with E-state index in [2.05, 4.69) is 15.6 Å². The molecule has 4 aromatic rings. The molecule has 8 nitrogen and oxygen atoms in total. The minimum Gasteiger partial charge on any atom is -0.481 e. The number of ether oxygens (including phenoxy) is 1. The van der Waals surface area contributed by atoms with Crippen molar-refractivity contribution in [1.82, 2.24) is 15.0 Å². The number of hydrogen-bond acceptors (Lipinski definition) is 5. The lowest BCUT2D eigenvalue weighted by atomic mass is 9.92. The smallest absolute Gasteiger partial charge is 0.413 e. The number of benzene rings is 3. The number of hydrogen-bond donors (Lipinski definition) is 2. The van der Waals surface area contributed by atoms with E-state index in [1.165, 1.54) is 4.68 Å². The molecule has 8 heteroatoms. The average molecular weight is 483 g/mol. The molecule has 3 aromatic carbocycles. The van der Waals surface area contributed by atoms with Crippen molar-refractivity contribution in [2.75, 3.05) is 5.32 Å². The Morgan fingerprint density at radius 3 is 2.33 bits per heavy atom. The molecule has 1 unspecified atom stereocenters. The van der Waals surface area contributed by atoms with E-state index >= 15 is 0 Å². The molecule has 2 N–H and O–H groups in total. The molecule has 0 aliphatic heterocycles. The molecule has 0 bridgehead atoms. The highest BCUT2D eigenvalue weighted by atomic mass is 16.6. The van der Waals surface area contributed by atoms with Gasteiger partial charge in [-0.15, -0.1) is 5.10 Å². The molecule has 1 aliphatic carbocycles. The van der Waals surface area contributed by atoms with Crippen LogP contribution < -0.4 is 5.32 Å². The van der Waals surface area contributed by atoms with Crippen molar-refractivity contribution in [2.45, 2.75) is 31.3 Å². The van der Waals surface area contributed by atoms with Gasteiger partial charge in [0, 0.05) is 12.6 Å². The van der Waals surface area contributed by atoms with Crippen molar-refractivity contribution >= 4 is 17.9 Å². The SMILES string of the molecule is CC(OC(=O)Nc1c(-c2ccc(-c3cccc(C4(C(=O)O)CC4)c3)cc2)nnn1C)c1ccccc1. The number of aromatic nitrogens is 3. The fourth-order valence-corrected chi connectivity index (χ4v) is 4.34. The third-order valence-corrected chi connectivity index (χ3v) is 6.67. The second-order valence-electron chi connectivity index (χ2n) is 9.04. The molecule has 36 heavy (non-hydrogen) atoms. The molecule has 1 aromatic heterocycles. The number of nitrogens with zero attached hydrogens (tertiary/aromatic N) is 3. The Bertz CT molecular complexity index is 1410. The van der Waals surface area contributed by atoms with Gasteiger partial charge < -0.3 is 9.84 Å².